The van der Waals surface area contributed by atoms with Gasteiger partial charge in [0.15, 0.2) is 0 Å². The monoisotopic (exact) mass is 290 g/mol. The van der Waals surface area contributed by atoms with E-state index in [0.29, 0.717) is 29.1 Å². The lowest BCUT2D eigenvalue weighted by Gasteiger charge is -2.62. The molecule has 4 aliphatic carbocycles. The van der Waals surface area contributed by atoms with Crippen molar-refractivity contribution < 1.29 is 10.2 Å². The van der Waals surface area contributed by atoms with E-state index in [9.17, 15) is 10.2 Å². The number of hydrogen-bond acceptors (Lipinski definition) is 2. The number of aliphatic hydroxyl groups is 2. The summed E-state index contributed by atoms with van der Waals surface area (Å²) >= 11 is 0. The van der Waals surface area contributed by atoms with Crippen LogP contribution in [0.25, 0.3) is 0 Å². The number of fused-ring (bicyclic) bond motifs is 5. The van der Waals surface area contributed by atoms with Crippen LogP contribution in [-0.2, 0) is 0 Å². The van der Waals surface area contributed by atoms with Crippen LogP contribution < -0.4 is 0 Å². The van der Waals surface area contributed by atoms with Gasteiger partial charge in [-0.1, -0.05) is 32.4 Å². The third-order valence-electron chi connectivity index (χ3n) is 8.06. The Labute approximate surface area is 128 Å². The van der Waals surface area contributed by atoms with Gasteiger partial charge in [-0.3, -0.25) is 0 Å². The highest BCUT2D eigenvalue weighted by Crippen LogP contribution is 2.64. The lowest BCUT2D eigenvalue weighted by molar-refractivity contribution is -0.192. The summed E-state index contributed by atoms with van der Waals surface area (Å²) in [5.74, 6) is 2.03. The molecule has 0 amide bonds. The summed E-state index contributed by atoms with van der Waals surface area (Å²) in [6.07, 6.45) is 12.2. The third-order valence-corrected chi connectivity index (χ3v) is 8.06. The second-order valence-electron chi connectivity index (χ2n) is 8.79. The quantitative estimate of drug-likeness (QED) is 0.670. The average molecular weight is 290 g/mol. The van der Waals surface area contributed by atoms with Crippen molar-refractivity contribution in [3.05, 3.63) is 12.2 Å². The molecule has 4 rings (SSSR count). The molecular formula is C19H30O2. The van der Waals surface area contributed by atoms with Gasteiger partial charge in [-0.05, 0) is 73.0 Å². The average Bonchev–Trinajstić information content (AvgIpc) is 2.83. The van der Waals surface area contributed by atoms with Crippen molar-refractivity contribution in [3.63, 3.8) is 0 Å². The maximum absolute atomic E-state index is 10.9. The van der Waals surface area contributed by atoms with Crippen LogP contribution in [0.3, 0.4) is 0 Å². The number of rotatable bonds is 0. The van der Waals surface area contributed by atoms with E-state index >= 15 is 0 Å². The highest BCUT2D eigenvalue weighted by molar-refractivity contribution is 5.18. The first kappa shape index (κ1) is 14.3. The molecule has 8 atom stereocenters. The third kappa shape index (κ3) is 1.78. The Hall–Kier alpha value is -0.340. The van der Waals surface area contributed by atoms with Crippen LogP contribution in [0.15, 0.2) is 12.2 Å². The predicted molar refractivity (Wildman–Crippen MR) is 83.6 cm³/mol. The first-order chi connectivity index (χ1) is 9.97. The molecular weight excluding hydrogens is 260 g/mol. The molecule has 0 aromatic rings. The first-order valence-corrected chi connectivity index (χ1v) is 9.00. The molecule has 3 saturated carbocycles. The fourth-order valence-corrected chi connectivity index (χ4v) is 6.77. The topological polar surface area (TPSA) is 40.5 Å². The molecule has 4 aliphatic rings. The largest absolute Gasteiger partial charge is 0.393 e. The Morgan fingerprint density at radius 3 is 2.67 bits per heavy atom. The zero-order valence-electron chi connectivity index (χ0n) is 13.5. The van der Waals surface area contributed by atoms with Crippen molar-refractivity contribution in [2.24, 2.45) is 34.5 Å². The predicted octanol–water partition coefficient (Wildman–Crippen LogP) is 3.53. The Morgan fingerprint density at radius 1 is 1.05 bits per heavy atom. The zero-order chi connectivity index (χ0) is 14.8. The summed E-state index contributed by atoms with van der Waals surface area (Å²) in [5.41, 5.74) is 0.344. The van der Waals surface area contributed by atoms with Crippen LogP contribution in [0.5, 0.6) is 0 Å². The number of hydrogen-bond donors (Lipinski definition) is 2. The Bertz CT molecular complexity index is 458. The van der Waals surface area contributed by atoms with E-state index in [0.717, 1.165) is 25.7 Å². The van der Waals surface area contributed by atoms with Crippen LogP contribution in [0.1, 0.15) is 58.8 Å². The van der Waals surface area contributed by atoms with Crippen molar-refractivity contribution in [3.8, 4) is 0 Å². The summed E-state index contributed by atoms with van der Waals surface area (Å²) in [5, 5.41) is 21.7. The molecule has 2 unspecified atom stereocenters. The molecule has 118 valence electrons. The smallest absolute Gasteiger partial charge is 0.0599 e. The lowest BCUT2D eigenvalue weighted by Crippen LogP contribution is -2.61. The van der Waals surface area contributed by atoms with Crippen molar-refractivity contribution in [1.29, 1.82) is 0 Å². The fourth-order valence-electron chi connectivity index (χ4n) is 6.77. The van der Waals surface area contributed by atoms with Gasteiger partial charge >= 0.3 is 0 Å². The van der Waals surface area contributed by atoms with E-state index in [4.69, 9.17) is 0 Å². The van der Waals surface area contributed by atoms with E-state index in [2.05, 4.69) is 26.0 Å². The molecule has 0 aliphatic heterocycles. The molecule has 0 aromatic heterocycles. The Morgan fingerprint density at radius 2 is 1.86 bits per heavy atom. The molecule has 0 saturated heterocycles. The molecule has 2 nitrogen and oxygen atoms in total. The van der Waals surface area contributed by atoms with Gasteiger partial charge in [0.05, 0.1) is 12.2 Å². The normalized spacial score (nSPS) is 59.2. The second kappa shape index (κ2) is 4.58. The van der Waals surface area contributed by atoms with Crippen LogP contribution in [0.4, 0.5) is 0 Å². The minimum absolute atomic E-state index is 0.0477. The summed E-state index contributed by atoms with van der Waals surface area (Å²) in [6, 6.07) is 0. The minimum atomic E-state index is -0.157. The van der Waals surface area contributed by atoms with Crippen molar-refractivity contribution in [2.45, 2.75) is 71.0 Å². The van der Waals surface area contributed by atoms with Crippen molar-refractivity contribution >= 4 is 0 Å². The molecule has 0 bridgehead atoms. The molecule has 0 spiro atoms. The summed E-state index contributed by atoms with van der Waals surface area (Å²) in [4.78, 5) is 0. The molecule has 3 fully saturated rings. The van der Waals surface area contributed by atoms with Crippen LogP contribution in [0, 0.1) is 34.5 Å². The molecule has 0 heterocycles. The standard InChI is InChI=1S/C19H30O2/c1-18-9-4-6-13(18)17-14(8-10-18)19(2)12(11-15(17)20)5-3-7-16(19)21/h4,9,12-17,20-21H,3,5-8,10-11H2,1-2H3/t12-,13-,14-,15?,16?,17-,18-,19-/m0/s1. The van der Waals surface area contributed by atoms with Gasteiger partial charge in [-0.2, -0.15) is 0 Å². The van der Waals surface area contributed by atoms with Gasteiger partial charge in [-0.15, -0.1) is 0 Å². The molecule has 2 heteroatoms. The highest BCUT2D eigenvalue weighted by Gasteiger charge is 2.61. The van der Waals surface area contributed by atoms with E-state index < -0.39 is 0 Å². The van der Waals surface area contributed by atoms with Gasteiger partial charge in [0.2, 0.25) is 0 Å². The van der Waals surface area contributed by atoms with E-state index in [1.54, 1.807) is 0 Å². The number of aliphatic hydroxyl groups excluding tert-OH is 2. The first-order valence-electron chi connectivity index (χ1n) is 9.00. The van der Waals surface area contributed by atoms with Crippen LogP contribution in [0.2, 0.25) is 0 Å². The lowest BCUT2D eigenvalue weighted by atomic mass is 9.44. The second-order valence-corrected chi connectivity index (χ2v) is 8.79. The van der Waals surface area contributed by atoms with Crippen LogP contribution >= 0.6 is 0 Å². The SMILES string of the molecule is C[C@]12C(O)CCC[C@H]1CC(O)[C@@H]1[C@@H]2CC[C@]2(C)C=CC[C@@H]12. The maximum atomic E-state index is 10.9. The highest BCUT2D eigenvalue weighted by atomic mass is 16.3. The van der Waals surface area contributed by atoms with Crippen molar-refractivity contribution in [1.82, 2.24) is 0 Å². The van der Waals surface area contributed by atoms with E-state index in [1.165, 1.54) is 19.3 Å². The molecule has 2 N–H and O–H groups in total. The minimum Gasteiger partial charge on any atom is -0.393 e. The van der Waals surface area contributed by atoms with E-state index in [-0.39, 0.29) is 17.6 Å². The molecule has 21 heavy (non-hydrogen) atoms. The van der Waals surface area contributed by atoms with Gasteiger partial charge in [0, 0.05) is 0 Å². The Balaban J connectivity index is 1.72. The van der Waals surface area contributed by atoms with Gasteiger partial charge < -0.3 is 10.2 Å². The molecule has 0 aromatic carbocycles. The van der Waals surface area contributed by atoms with Gasteiger partial charge in [0.25, 0.3) is 0 Å². The Kier molecular flexibility index (Phi) is 3.11. The van der Waals surface area contributed by atoms with Crippen molar-refractivity contribution in [2.75, 3.05) is 0 Å². The maximum Gasteiger partial charge on any atom is 0.0599 e. The van der Waals surface area contributed by atoms with Gasteiger partial charge in [-0.25, -0.2) is 0 Å². The molecule has 0 radical (unpaired) electrons. The number of allylic oxidation sites excluding steroid dienone is 2. The fraction of sp³-hybridized carbons (Fsp3) is 0.895. The van der Waals surface area contributed by atoms with E-state index in [1.807, 2.05) is 0 Å². The summed E-state index contributed by atoms with van der Waals surface area (Å²) < 4.78 is 0. The zero-order valence-corrected chi connectivity index (χ0v) is 13.5. The van der Waals surface area contributed by atoms with Crippen LogP contribution in [-0.4, -0.2) is 22.4 Å². The summed E-state index contributed by atoms with van der Waals surface area (Å²) in [7, 11) is 0. The summed E-state index contributed by atoms with van der Waals surface area (Å²) in [6.45, 7) is 4.73. The van der Waals surface area contributed by atoms with Gasteiger partial charge in [0.1, 0.15) is 0 Å².